The molecule has 3 heterocycles. The van der Waals surface area contributed by atoms with Crippen molar-refractivity contribution in [3.63, 3.8) is 0 Å². The predicted octanol–water partition coefficient (Wildman–Crippen LogP) is 1.42. The molecule has 2 fully saturated rings. The second-order valence-electron chi connectivity index (χ2n) is 4.87. The van der Waals surface area contributed by atoms with Crippen molar-refractivity contribution < 1.29 is 4.79 Å². The van der Waals surface area contributed by atoms with Crippen LogP contribution in [0.1, 0.15) is 18.4 Å². The number of aromatic nitrogens is 1. The average molecular weight is 277 g/mol. The fourth-order valence-corrected chi connectivity index (χ4v) is 2.99. The van der Waals surface area contributed by atoms with E-state index in [1.807, 2.05) is 4.90 Å². The van der Waals surface area contributed by atoms with E-state index in [0.29, 0.717) is 17.1 Å². The van der Waals surface area contributed by atoms with Gasteiger partial charge in [0, 0.05) is 32.1 Å². The first-order valence-electron chi connectivity index (χ1n) is 6.29. The van der Waals surface area contributed by atoms with E-state index in [0.717, 1.165) is 31.9 Å². The van der Waals surface area contributed by atoms with Crippen LogP contribution in [0.3, 0.4) is 0 Å². The van der Waals surface area contributed by atoms with Crippen molar-refractivity contribution in [3.8, 4) is 6.07 Å². The van der Waals surface area contributed by atoms with Crippen LogP contribution in [0.25, 0.3) is 0 Å². The second kappa shape index (κ2) is 4.71. The van der Waals surface area contributed by atoms with Crippen LogP contribution < -0.4 is 4.90 Å². The van der Waals surface area contributed by atoms with Gasteiger partial charge in [0.1, 0.15) is 11.0 Å². The molecule has 5 nitrogen and oxygen atoms in total. The van der Waals surface area contributed by atoms with E-state index in [1.165, 1.54) is 0 Å². The van der Waals surface area contributed by atoms with Gasteiger partial charge >= 0.3 is 0 Å². The van der Waals surface area contributed by atoms with Crippen molar-refractivity contribution in [1.82, 2.24) is 9.88 Å². The van der Waals surface area contributed by atoms with Crippen LogP contribution in [0.2, 0.25) is 5.15 Å². The van der Waals surface area contributed by atoms with Crippen molar-refractivity contribution in [2.24, 2.45) is 0 Å². The summed E-state index contributed by atoms with van der Waals surface area (Å²) in [4.78, 5) is 20.0. The van der Waals surface area contributed by atoms with Crippen molar-refractivity contribution >= 4 is 23.3 Å². The topological polar surface area (TPSA) is 60.2 Å². The molecule has 0 N–H and O–H groups in total. The van der Waals surface area contributed by atoms with Crippen LogP contribution in [0.4, 0.5) is 5.82 Å². The lowest BCUT2D eigenvalue weighted by molar-refractivity contribution is -0.129. The lowest BCUT2D eigenvalue weighted by atomic mass is 10.1. The number of nitrogens with zero attached hydrogens (tertiary/aromatic N) is 4. The molecule has 6 heteroatoms. The summed E-state index contributed by atoms with van der Waals surface area (Å²) in [5.41, 5.74) is 0.514. The Hall–Kier alpha value is -1.80. The molecule has 0 spiro atoms. The fraction of sp³-hybridized carbons (Fsp3) is 0.462. The van der Waals surface area contributed by atoms with E-state index >= 15 is 0 Å². The van der Waals surface area contributed by atoms with Gasteiger partial charge in [-0.2, -0.15) is 5.26 Å². The molecule has 3 rings (SSSR count). The van der Waals surface area contributed by atoms with E-state index in [-0.39, 0.29) is 11.9 Å². The minimum absolute atomic E-state index is 0.251. The number of fused-ring (bicyclic) bond motifs is 1. The third-order valence-corrected chi connectivity index (χ3v) is 3.92. The minimum atomic E-state index is 0.251. The summed E-state index contributed by atoms with van der Waals surface area (Å²) in [5, 5.41) is 9.29. The molecule has 1 amide bonds. The van der Waals surface area contributed by atoms with Crippen LogP contribution in [0.15, 0.2) is 12.1 Å². The first-order chi connectivity index (χ1) is 9.17. The van der Waals surface area contributed by atoms with Crippen LogP contribution in [-0.2, 0) is 4.79 Å². The molecule has 1 unspecified atom stereocenters. The van der Waals surface area contributed by atoms with Gasteiger partial charge < -0.3 is 9.80 Å². The van der Waals surface area contributed by atoms with Crippen LogP contribution >= 0.6 is 11.6 Å². The first kappa shape index (κ1) is 12.2. The number of carbonyl (C=O) groups excluding carboxylic acids is 1. The van der Waals surface area contributed by atoms with Gasteiger partial charge in [-0.05, 0) is 18.6 Å². The van der Waals surface area contributed by atoms with Crippen molar-refractivity contribution in [1.29, 1.82) is 5.26 Å². The lowest BCUT2D eigenvalue weighted by Gasteiger charge is -2.38. The second-order valence-corrected chi connectivity index (χ2v) is 5.26. The maximum Gasteiger partial charge on any atom is 0.223 e. The molecule has 0 bridgehead atoms. The highest BCUT2D eigenvalue weighted by atomic mass is 35.5. The maximum atomic E-state index is 11.6. The maximum absolute atomic E-state index is 11.6. The SMILES string of the molecule is N#Cc1cc(Cl)nc(N2CCN3C(=O)CCC3C2)c1. The highest BCUT2D eigenvalue weighted by Gasteiger charge is 2.35. The van der Waals surface area contributed by atoms with E-state index < -0.39 is 0 Å². The Morgan fingerprint density at radius 1 is 1.42 bits per heavy atom. The number of halogens is 1. The van der Waals surface area contributed by atoms with E-state index in [1.54, 1.807) is 12.1 Å². The summed E-state index contributed by atoms with van der Waals surface area (Å²) in [7, 11) is 0. The summed E-state index contributed by atoms with van der Waals surface area (Å²) in [6, 6.07) is 5.66. The number of piperazine rings is 1. The molecule has 0 aromatic carbocycles. The number of amides is 1. The lowest BCUT2D eigenvalue weighted by Crippen LogP contribution is -2.51. The van der Waals surface area contributed by atoms with E-state index in [2.05, 4.69) is 16.0 Å². The largest absolute Gasteiger partial charge is 0.353 e. The van der Waals surface area contributed by atoms with Gasteiger partial charge in [0.2, 0.25) is 5.91 Å². The molecule has 0 aliphatic carbocycles. The minimum Gasteiger partial charge on any atom is -0.353 e. The normalized spacial score (nSPS) is 22.3. The Labute approximate surface area is 116 Å². The zero-order valence-electron chi connectivity index (χ0n) is 10.3. The zero-order chi connectivity index (χ0) is 13.4. The molecule has 1 aromatic heterocycles. The number of carbonyl (C=O) groups is 1. The molecular weight excluding hydrogens is 264 g/mol. The third kappa shape index (κ3) is 2.24. The van der Waals surface area contributed by atoms with E-state index in [9.17, 15) is 4.79 Å². The zero-order valence-corrected chi connectivity index (χ0v) is 11.1. The van der Waals surface area contributed by atoms with Gasteiger partial charge in [0.25, 0.3) is 0 Å². The average Bonchev–Trinajstić information content (AvgIpc) is 2.79. The molecule has 98 valence electrons. The Morgan fingerprint density at radius 3 is 3.05 bits per heavy atom. The molecular formula is C13H13ClN4O. The van der Waals surface area contributed by atoms with Gasteiger partial charge in [0.15, 0.2) is 0 Å². The van der Waals surface area contributed by atoms with Gasteiger partial charge in [0.05, 0.1) is 11.6 Å². The molecule has 1 atom stereocenters. The van der Waals surface area contributed by atoms with Gasteiger partial charge in [-0.3, -0.25) is 4.79 Å². The van der Waals surface area contributed by atoms with E-state index in [4.69, 9.17) is 16.9 Å². The van der Waals surface area contributed by atoms with Crippen molar-refractivity contribution in [2.75, 3.05) is 24.5 Å². The Kier molecular flexibility index (Phi) is 3.03. The van der Waals surface area contributed by atoms with Crippen LogP contribution in [0, 0.1) is 11.3 Å². The monoisotopic (exact) mass is 276 g/mol. The summed E-state index contributed by atoms with van der Waals surface area (Å²) in [5.74, 6) is 0.976. The molecule has 2 aliphatic rings. The summed E-state index contributed by atoms with van der Waals surface area (Å²) in [6.45, 7) is 2.23. The van der Waals surface area contributed by atoms with Gasteiger partial charge in [-0.15, -0.1) is 0 Å². The number of nitriles is 1. The quantitative estimate of drug-likeness (QED) is 0.728. The summed E-state index contributed by atoms with van der Waals surface area (Å²) < 4.78 is 0. The highest BCUT2D eigenvalue weighted by Crippen LogP contribution is 2.26. The van der Waals surface area contributed by atoms with Crippen LogP contribution in [0.5, 0.6) is 0 Å². The number of pyridine rings is 1. The Morgan fingerprint density at radius 2 is 2.26 bits per heavy atom. The number of rotatable bonds is 1. The molecule has 2 saturated heterocycles. The molecule has 0 radical (unpaired) electrons. The van der Waals surface area contributed by atoms with Crippen molar-refractivity contribution in [3.05, 3.63) is 22.8 Å². The smallest absolute Gasteiger partial charge is 0.223 e. The predicted molar refractivity (Wildman–Crippen MR) is 70.9 cm³/mol. The highest BCUT2D eigenvalue weighted by molar-refractivity contribution is 6.29. The number of hydrogen-bond donors (Lipinski definition) is 0. The Bertz CT molecular complexity index is 568. The number of hydrogen-bond acceptors (Lipinski definition) is 4. The number of anilines is 1. The third-order valence-electron chi connectivity index (χ3n) is 3.73. The van der Waals surface area contributed by atoms with Crippen LogP contribution in [-0.4, -0.2) is 41.5 Å². The first-order valence-corrected chi connectivity index (χ1v) is 6.67. The molecule has 19 heavy (non-hydrogen) atoms. The summed E-state index contributed by atoms with van der Waals surface area (Å²) >= 11 is 5.93. The molecule has 2 aliphatic heterocycles. The standard InChI is InChI=1S/C13H13ClN4O/c14-11-5-9(7-15)6-12(16-11)17-3-4-18-10(8-17)1-2-13(18)19/h5-6,10H,1-4,8H2. The molecule has 0 saturated carbocycles. The van der Waals surface area contributed by atoms with Gasteiger partial charge in [-0.1, -0.05) is 11.6 Å². The van der Waals surface area contributed by atoms with Crippen molar-refractivity contribution in [2.45, 2.75) is 18.9 Å². The van der Waals surface area contributed by atoms with Gasteiger partial charge in [-0.25, -0.2) is 4.98 Å². The molecule has 1 aromatic rings. The Balaban J connectivity index is 1.83. The summed E-state index contributed by atoms with van der Waals surface area (Å²) in [6.07, 6.45) is 1.55. The fourth-order valence-electron chi connectivity index (χ4n) is 2.78.